The summed E-state index contributed by atoms with van der Waals surface area (Å²) in [7, 11) is 0. The number of fused-ring (bicyclic) bond motifs is 1. The lowest BCUT2D eigenvalue weighted by molar-refractivity contribution is -0.287. The van der Waals surface area contributed by atoms with Gasteiger partial charge in [0.1, 0.15) is 17.3 Å². The molecule has 8 heteroatoms. The van der Waals surface area contributed by atoms with Crippen LogP contribution in [0.25, 0.3) is 0 Å². The van der Waals surface area contributed by atoms with Crippen molar-refractivity contribution in [2.75, 3.05) is 0 Å². The Balaban J connectivity index is 1.83. The molecule has 0 bridgehead atoms. The van der Waals surface area contributed by atoms with Crippen LogP contribution in [0.3, 0.4) is 0 Å². The number of nitriles is 1. The number of ether oxygens (including phenoxy) is 1. The van der Waals surface area contributed by atoms with Gasteiger partial charge in [0.2, 0.25) is 0 Å². The van der Waals surface area contributed by atoms with E-state index in [0.717, 1.165) is 12.1 Å². The van der Waals surface area contributed by atoms with Crippen LogP contribution in [-0.2, 0) is 16.9 Å². The molecular weight excluding hydrogens is 393 g/mol. The molecule has 0 heterocycles. The molecule has 1 fully saturated rings. The van der Waals surface area contributed by atoms with Crippen LogP contribution in [0.2, 0.25) is 0 Å². The average molecular weight is 409 g/mol. The standard InChI is InChI=1S/C21H16F5NO2/c1-11(22)7-13(9-27)8-12(2)29-15-4-3-14-16-17(15)18(5-6-18)10-19(16,28)21(25,26)20(14,23)24/h3-4,7-8,28H,1,5-6,10H2,2H3/b12-8+,13-7+. The van der Waals surface area contributed by atoms with Gasteiger partial charge in [-0.3, -0.25) is 0 Å². The molecule has 1 spiro atoms. The summed E-state index contributed by atoms with van der Waals surface area (Å²) in [4.78, 5) is 0. The zero-order chi connectivity index (χ0) is 21.4. The lowest BCUT2D eigenvalue weighted by Gasteiger charge is -2.31. The molecule has 1 atom stereocenters. The van der Waals surface area contributed by atoms with E-state index in [1.54, 1.807) is 6.07 Å². The van der Waals surface area contributed by atoms with E-state index in [4.69, 9.17) is 10.00 Å². The molecule has 1 N–H and O–H groups in total. The Morgan fingerprint density at radius 3 is 2.41 bits per heavy atom. The number of nitrogens with zero attached hydrogens (tertiary/aromatic N) is 1. The molecule has 3 aliphatic rings. The molecule has 1 saturated carbocycles. The van der Waals surface area contributed by atoms with Crippen molar-refractivity contribution in [2.45, 2.75) is 49.0 Å². The quantitative estimate of drug-likeness (QED) is 0.319. The molecule has 4 rings (SSSR count). The Bertz CT molecular complexity index is 1050. The summed E-state index contributed by atoms with van der Waals surface area (Å²) in [5.41, 5.74) is -5.06. The predicted octanol–water partition coefficient (Wildman–Crippen LogP) is 5.27. The normalized spacial score (nSPS) is 27.5. The molecule has 1 unspecified atom stereocenters. The van der Waals surface area contributed by atoms with Crippen LogP contribution >= 0.6 is 0 Å². The van der Waals surface area contributed by atoms with Crippen LogP contribution in [-0.4, -0.2) is 11.0 Å². The van der Waals surface area contributed by atoms with Crippen molar-refractivity contribution in [2.24, 2.45) is 0 Å². The highest BCUT2D eigenvalue weighted by molar-refractivity contribution is 5.64. The average Bonchev–Trinajstić information content (AvgIpc) is 3.30. The van der Waals surface area contributed by atoms with E-state index < -0.39 is 46.2 Å². The van der Waals surface area contributed by atoms with Gasteiger partial charge in [-0.05, 0) is 50.5 Å². The largest absolute Gasteiger partial charge is 0.462 e. The van der Waals surface area contributed by atoms with Gasteiger partial charge in [0.15, 0.2) is 5.60 Å². The third kappa shape index (κ3) is 2.43. The fraction of sp³-hybridized carbons (Fsp3) is 0.381. The summed E-state index contributed by atoms with van der Waals surface area (Å²) in [6.07, 6.45) is 2.54. The molecule has 0 aliphatic heterocycles. The van der Waals surface area contributed by atoms with Gasteiger partial charge in [-0.1, -0.05) is 6.58 Å². The number of hydrogen-bond donors (Lipinski definition) is 1. The second-order valence-electron chi connectivity index (χ2n) is 7.84. The summed E-state index contributed by atoms with van der Waals surface area (Å²) < 4.78 is 76.5. The van der Waals surface area contributed by atoms with E-state index in [-0.39, 0.29) is 22.6 Å². The number of halogens is 5. The molecule has 152 valence electrons. The summed E-state index contributed by atoms with van der Waals surface area (Å²) in [5, 5.41) is 19.7. The SMILES string of the molecule is C=C(F)/C=C(C#N)\C=C(/C)Oc1ccc2c3c1C1(CC1)CC3(O)C(F)(F)C2(F)F. The summed E-state index contributed by atoms with van der Waals surface area (Å²) in [6, 6.07) is 3.77. The van der Waals surface area contributed by atoms with Crippen molar-refractivity contribution < 1.29 is 31.8 Å². The van der Waals surface area contributed by atoms with Crippen molar-refractivity contribution in [3.63, 3.8) is 0 Å². The maximum absolute atomic E-state index is 14.6. The van der Waals surface area contributed by atoms with E-state index in [2.05, 4.69) is 6.58 Å². The predicted molar refractivity (Wildman–Crippen MR) is 93.0 cm³/mol. The van der Waals surface area contributed by atoms with Gasteiger partial charge in [0.25, 0.3) is 0 Å². The second-order valence-corrected chi connectivity index (χ2v) is 7.84. The van der Waals surface area contributed by atoms with Gasteiger partial charge in [-0.2, -0.15) is 22.8 Å². The highest BCUT2D eigenvalue weighted by Gasteiger charge is 2.81. The molecule has 1 aromatic carbocycles. The van der Waals surface area contributed by atoms with E-state index in [9.17, 15) is 27.1 Å². The molecular formula is C21H16F5NO2. The minimum Gasteiger partial charge on any atom is -0.462 e. The van der Waals surface area contributed by atoms with Gasteiger partial charge in [-0.15, -0.1) is 0 Å². The minimum atomic E-state index is -4.63. The van der Waals surface area contributed by atoms with Crippen LogP contribution in [0.1, 0.15) is 42.9 Å². The van der Waals surface area contributed by atoms with Gasteiger partial charge < -0.3 is 9.84 Å². The molecule has 0 amide bonds. The third-order valence-electron chi connectivity index (χ3n) is 5.88. The van der Waals surface area contributed by atoms with Crippen LogP contribution in [0.15, 0.2) is 48.0 Å². The Morgan fingerprint density at radius 2 is 1.86 bits per heavy atom. The summed E-state index contributed by atoms with van der Waals surface area (Å²) in [5.74, 6) is -9.78. The van der Waals surface area contributed by atoms with Gasteiger partial charge in [-0.25, -0.2) is 4.39 Å². The molecule has 0 radical (unpaired) electrons. The zero-order valence-electron chi connectivity index (χ0n) is 15.3. The molecule has 3 nitrogen and oxygen atoms in total. The van der Waals surface area contributed by atoms with Crippen LogP contribution in [0.4, 0.5) is 22.0 Å². The lowest BCUT2D eigenvalue weighted by atomic mass is 9.90. The molecule has 29 heavy (non-hydrogen) atoms. The van der Waals surface area contributed by atoms with E-state index in [1.807, 2.05) is 0 Å². The molecule has 1 aromatic rings. The van der Waals surface area contributed by atoms with Crippen molar-refractivity contribution in [1.29, 1.82) is 5.26 Å². The van der Waals surface area contributed by atoms with Crippen LogP contribution in [0.5, 0.6) is 5.75 Å². The second kappa shape index (κ2) is 5.70. The minimum absolute atomic E-state index is 0.0655. The first kappa shape index (κ1) is 19.6. The smallest absolute Gasteiger partial charge is 0.346 e. The van der Waals surface area contributed by atoms with Crippen molar-refractivity contribution >= 4 is 0 Å². The van der Waals surface area contributed by atoms with Crippen LogP contribution in [0, 0.1) is 11.3 Å². The van der Waals surface area contributed by atoms with E-state index >= 15 is 0 Å². The number of alkyl halides is 4. The zero-order valence-corrected chi connectivity index (χ0v) is 15.3. The summed E-state index contributed by atoms with van der Waals surface area (Å²) >= 11 is 0. The third-order valence-corrected chi connectivity index (χ3v) is 5.88. The van der Waals surface area contributed by atoms with Gasteiger partial charge in [0.05, 0.1) is 11.6 Å². The number of hydrogen-bond acceptors (Lipinski definition) is 3. The lowest BCUT2D eigenvalue weighted by Crippen LogP contribution is -2.48. The van der Waals surface area contributed by atoms with Gasteiger partial charge >= 0.3 is 11.8 Å². The number of rotatable bonds is 4. The van der Waals surface area contributed by atoms with E-state index in [1.165, 1.54) is 19.1 Å². The van der Waals surface area contributed by atoms with Crippen LogP contribution < -0.4 is 4.74 Å². The molecule has 0 aromatic heterocycles. The Labute approximate surface area is 163 Å². The highest BCUT2D eigenvalue weighted by atomic mass is 19.3. The topological polar surface area (TPSA) is 53.2 Å². The highest BCUT2D eigenvalue weighted by Crippen LogP contribution is 2.74. The van der Waals surface area contributed by atoms with E-state index in [0.29, 0.717) is 12.8 Å². The molecule has 3 aliphatic carbocycles. The van der Waals surface area contributed by atoms with Crippen molar-refractivity contribution in [3.8, 4) is 11.8 Å². The fourth-order valence-electron chi connectivity index (χ4n) is 4.52. The van der Waals surface area contributed by atoms with Crippen molar-refractivity contribution in [3.05, 3.63) is 64.7 Å². The van der Waals surface area contributed by atoms with Gasteiger partial charge in [0, 0.05) is 22.1 Å². The first-order valence-electron chi connectivity index (χ1n) is 8.88. The fourth-order valence-corrected chi connectivity index (χ4v) is 4.52. The maximum atomic E-state index is 14.6. The number of allylic oxidation sites excluding steroid dienone is 5. The number of aliphatic hydroxyl groups is 1. The first-order chi connectivity index (χ1) is 13.4. The Kier molecular flexibility index (Phi) is 3.86. The monoisotopic (exact) mass is 409 g/mol. The Morgan fingerprint density at radius 1 is 1.21 bits per heavy atom. The summed E-state index contributed by atoms with van der Waals surface area (Å²) in [6.45, 7) is 4.49. The number of benzene rings is 1. The maximum Gasteiger partial charge on any atom is 0.346 e. The first-order valence-corrected chi connectivity index (χ1v) is 8.88. The Hall–Kier alpha value is -2.66. The van der Waals surface area contributed by atoms with Crippen molar-refractivity contribution in [1.82, 2.24) is 0 Å². The molecule has 0 saturated heterocycles.